The lowest BCUT2D eigenvalue weighted by Crippen LogP contribution is -2.01. The molecule has 0 aliphatic carbocycles. The molecule has 0 aliphatic rings. The van der Waals surface area contributed by atoms with Crippen molar-refractivity contribution in [2.75, 3.05) is 7.11 Å². The predicted molar refractivity (Wildman–Crippen MR) is 69.5 cm³/mol. The molecule has 1 aromatic heterocycles. The van der Waals surface area contributed by atoms with E-state index < -0.39 is 0 Å². The maximum atomic E-state index is 5.67. The van der Waals surface area contributed by atoms with Crippen LogP contribution >= 0.6 is 0 Å². The zero-order valence-corrected chi connectivity index (χ0v) is 10.3. The Labute approximate surface area is 106 Å². The number of nitrogens with zero attached hydrogens (tertiary/aromatic N) is 1. The molecular weight excluding hydrogens is 228 g/mol. The fourth-order valence-electron chi connectivity index (χ4n) is 1.55. The second-order valence-corrected chi connectivity index (χ2v) is 3.82. The number of benzene rings is 1. The van der Waals surface area contributed by atoms with Gasteiger partial charge >= 0.3 is 0 Å². The van der Waals surface area contributed by atoms with Crippen LogP contribution in [-0.4, -0.2) is 12.1 Å². The van der Waals surface area contributed by atoms with Crippen molar-refractivity contribution in [2.45, 2.75) is 13.2 Å². The average Bonchev–Trinajstić information content (AvgIpc) is 2.46. The molecule has 0 saturated heterocycles. The highest BCUT2D eigenvalue weighted by Crippen LogP contribution is 2.15. The fourth-order valence-corrected chi connectivity index (χ4v) is 1.55. The Morgan fingerprint density at radius 2 is 1.89 bits per heavy atom. The van der Waals surface area contributed by atoms with Crippen molar-refractivity contribution in [1.29, 1.82) is 0 Å². The molecule has 4 heteroatoms. The van der Waals surface area contributed by atoms with E-state index in [2.05, 4.69) is 4.98 Å². The summed E-state index contributed by atoms with van der Waals surface area (Å²) in [5.74, 6) is 1.62. The summed E-state index contributed by atoms with van der Waals surface area (Å²) in [5.41, 5.74) is 7.43. The number of hydrogen-bond donors (Lipinski definition) is 1. The van der Waals surface area contributed by atoms with Gasteiger partial charge in [0, 0.05) is 18.8 Å². The molecule has 0 saturated carbocycles. The van der Waals surface area contributed by atoms with Crippen molar-refractivity contribution in [3.63, 3.8) is 0 Å². The second-order valence-electron chi connectivity index (χ2n) is 3.82. The zero-order valence-electron chi connectivity index (χ0n) is 10.3. The molecule has 2 aromatic rings. The summed E-state index contributed by atoms with van der Waals surface area (Å²) in [6, 6.07) is 11.5. The third kappa shape index (κ3) is 3.21. The summed E-state index contributed by atoms with van der Waals surface area (Å²) in [6.07, 6.45) is 1.70. The standard InChI is InChI=1S/C14H16N2O2/c1-17-13-4-2-11(3-5-13)10-18-14-6-7-16-12(8-14)9-15/h2-8H,9-10,15H2,1H3. The molecule has 0 atom stereocenters. The fraction of sp³-hybridized carbons (Fsp3) is 0.214. The van der Waals surface area contributed by atoms with Gasteiger partial charge in [0.1, 0.15) is 18.1 Å². The van der Waals surface area contributed by atoms with E-state index in [1.807, 2.05) is 36.4 Å². The highest BCUT2D eigenvalue weighted by molar-refractivity contribution is 5.28. The number of pyridine rings is 1. The highest BCUT2D eigenvalue weighted by Gasteiger charge is 1.99. The van der Waals surface area contributed by atoms with Crippen molar-refractivity contribution in [3.8, 4) is 11.5 Å². The van der Waals surface area contributed by atoms with E-state index in [1.54, 1.807) is 13.3 Å². The summed E-state index contributed by atoms with van der Waals surface area (Å²) in [6.45, 7) is 0.928. The zero-order chi connectivity index (χ0) is 12.8. The number of hydrogen-bond acceptors (Lipinski definition) is 4. The van der Waals surface area contributed by atoms with Crippen LogP contribution < -0.4 is 15.2 Å². The van der Waals surface area contributed by atoms with E-state index in [9.17, 15) is 0 Å². The summed E-state index contributed by atoms with van der Waals surface area (Å²) < 4.78 is 10.8. The Balaban J connectivity index is 1.97. The van der Waals surface area contributed by atoms with Crippen LogP contribution in [0.25, 0.3) is 0 Å². The number of aromatic nitrogens is 1. The first-order valence-electron chi connectivity index (χ1n) is 5.72. The minimum absolute atomic E-state index is 0.416. The Bertz CT molecular complexity index is 497. The van der Waals surface area contributed by atoms with Crippen LogP contribution in [0.4, 0.5) is 0 Å². The molecule has 2 rings (SSSR count). The van der Waals surface area contributed by atoms with E-state index in [4.69, 9.17) is 15.2 Å². The first kappa shape index (κ1) is 12.4. The molecule has 2 N–H and O–H groups in total. The Hall–Kier alpha value is -2.07. The Kier molecular flexibility index (Phi) is 4.15. The quantitative estimate of drug-likeness (QED) is 0.875. The molecule has 0 unspecified atom stereocenters. The Morgan fingerprint density at radius 1 is 1.11 bits per heavy atom. The van der Waals surface area contributed by atoms with Gasteiger partial charge in [0.2, 0.25) is 0 Å². The predicted octanol–water partition coefficient (Wildman–Crippen LogP) is 2.13. The molecule has 0 bridgehead atoms. The molecule has 0 aliphatic heterocycles. The lowest BCUT2D eigenvalue weighted by atomic mass is 10.2. The molecule has 0 amide bonds. The van der Waals surface area contributed by atoms with E-state index in [1.165, 1.54) is 0 Å². The van der Waals surface area contributed by atoms with Gasteiger partial charge in [-0.2, -0.15) is 0 Å². The van der Waals surface area contributed by atoms with Gasteiger partial charge in [-0.25, -0.2) is 0 Å². The highest BCUT2D eigenvalue weighted by atomic mass is 16.5. The summed E-state index contributed by atoms with van der Waals surface area (Å²) in [4.78, 5) is 4.11. The summed E-state index contributed by atoms with van der Waals surface area (Å²) in [5, 5.41) is 0. The number of rotatable bonds is 5. The van der Waals surface area contributed by atoms with Crippen LogP contribution in [0.2, 0.25) is 0 Å². The lowest BCUT2D eigenvalue weighted by molar-refractivity contribution is 0.305. The maximum absolute atomic E-state index is 5.67. The van der Waals surface area contributed by atoms with Crippen LogP contribution in [-0.2, 0) is 13.2 Å². The lowest BCUT2D eigenvalue weighted by Gasteiger charge is -2.07. The Morgan fingerprint density at radius 3 is 2.56 bits per heavy atom. The monoisotopic (exact) mass is 244 g/mol. The molecule has 0 fully saturated rings. The largest absolute Gasteiger partial charge is 0.497 e. The molecule has 0 radical (unpaired) electrons. The van der Waals surface area contributed by atoms with Crippen molar-refractivity contribution in [3.05, 3.63) is 53.9 Å². The number of nitrogens with two attached hydrogens (primary N) is 1. The van der Waals surface area contributed by atoms with Crippen LogP contribution in [0.15, 0.2) is 42.6 Å². The average molecular weight is 244 g/mol. The van der Waals surface area contributed by atoms with Crippen LogP contribution in [0, 0.1) is 0 Å². The van der Waals surface area contributed by atoms with Gasteiger partial charge in [-0.1, -0.05) is 12.1 Å². The molecular formula is C14H16N2O2. The molecule has 0 spiro atoms. The van der Waals surface area contributed by atoms with Crippen LogP contribution in [0.3, 0.4) is 0 Å². The van der Waals surface area contributed by atoms with E-state index >= 15 is 0 Å². The van der Waals surface area contributed by atoms with Gasteiger partial charge in [0.05, 0.1) is 12.8 Å². The smallest absolute Gasteiger partial charge is 0.123 e. The van der Waals surface area contributed by atoms with Crippen molar-refractivity contribution >= 4 is 0 Å². The number of ether oxygens (including phenoxy) is 2. The second kappa shape index (κ2) is 6.02. The number of methoxy groups -OCH3 is 1. The third-order valence-corrected chi connectivity index (χ3v) is 2.56. The molecule has 94 valence electrons. The minimum atomic E-state index is 0.416. The van der Waals surface area contributed by atoms with E-state index in [0.717, 1.165) is 22.8 Å². The van der Waals surface area contributed by atoms with Crippen molar-refractivity contribution in [1.82, 2.24) is 4.98 Å². The minimum Gasteiger partial charge on any atom is -0.497 e. The molecule has 4 nitrogen and oxygen atoms in total. The maximum Gasteiger partial charge on any atom is 0.123 e. The van der Waals surface area contributed by atoms with Gasteiger partial charge in [0.25, 0.3) is 0 Å². The van der Waals surface area contributed by atoms with Gasteiger partial charge < -0.3 is 15.2 Å². The summed E-state index contributed by atoms with van der Waals surface area (Å²) in [7, 11) is 1.65. The topological polar surface area (TPSA) is 57.4 Å². The van der Waals surface area contributed by atoms with Crippen LogP contribution in [0.5, 0.6) is 11.5 Å². The van der Waals surface area contributed by atoms with Gasteiger partial charge in [-0.05, 0) is 23.8 Å². The van der Waals surface area contributed by atoms with Crippen molar-refractivity contribution < 1.29 is 9.47 Å². The third-order valence-electron chi connectivity index (χ3n) is 2.56. The molecule has 1 heterocycles. The molecule has 18 heavy (non-hydrogen) atoms. The van der Waals surface area contributed by atoms with E-state index in [-0.39, 0.29) is 0 Å². The SMILES string of the molecule is COc1ccc(COc2ccnc(CN)c2)cc1. The van der Waals surface area contributed by atoms with E-state index in [0.29, 0.717) is 13.2 Å². The first-order valence-corrected chi connectivity index (χ1v) is 5.72. The van der Waals surface area contributed by atoms with Crippen LogP contribution in [0.1, 0.15) is 11.3 Å². The van der Waals surface area contributed by atoms with Gasteiger partial charge in [-0.15, -0.1) is 0 Å². The van der Waals surface area contributed by atoms with Gasteiger partial charge in [0.15, 0.2) is 0 Å². The first-order chi connectivity index (χ1) is 8.81. The molecule has 1 aromatic carbocycles. The van der Waals surface area contributed by atoms with Gasteiger partial charge in [-0.3, -0.25) is 4.98 Å². The normalized spacial score (nSPS) is 10.1. The summed E-state index contributed by atoms with van der Waals surface area (Å²) >= 11 is 0. The van der Waals surface area contributed by atoms with Crippen molar-refractivity contribution in [2.24, 2.45) is 5.73 Å².